The standard InChI is InChI=1S/C21H30F3N3O4/c1-13-10-27(18(29)31-19(2,3)4)11-15(13)26-17(28)20(5,6)12-30-16-14(21(22,23)24)8-7-9-25-16/h7-9,13,15H,10-12H2,1-6H3,(H,26,28)/t13-,15-/m1/s1. The van der Waals surface area contributed by atoms with E-state index in [0.29, 0.717) is 6.54 Å². The van der Waals surface area contributed by atoms with Crippen molar-refractivity contribution in [3.63, 3.8) is 0 Å². The molecule has 0 radical (unpaired) electrons. The van der Waals surface area contributed by atoms with E-state index in [1.807, 2.05) is 6.92 Å². The maximum atomic E-state index is 13.1. The largest absolute Gasteiger partial charge is 0.476 e. The van der Waals surface area contributed by atoms with Gasteiger partial charge >= 0.3 is 12.3 Å². The predicted octanol–water partition coefficient (Wildman–Crippen LogP) is 3.88. The van der Waals surface area contributed by atoms with Crippen molar-refractivity contribution < 1.29 is 32.2 Å². The van der Waals surface area contributed by atoms with Crippen molar-refractivity contribution in [2.75, 3.05) is 19.7 Å². The van der Waals surface area contributed by atoms with Crippen molar-refractivity contribution >= 4 is 12.0 Å². The number of carbonyl (C=O) groups excluding carboxylic acids is 2. The Labute approximate surface area is 180 Å². The molecular weight excluding hydrogens is 415 g/mol. The molecule has 1 aliphatic heterocycles. The molecule has 0 unspecified atom stereocenters. The molecule has 1 aromatic rings. The lowest BCUT2D eigenvalue weighted by Gasteiger charge is -2.27. The molecule has 0 aromatic carbocycles. The molecule has 7 nitrogen and oxygen atoms in total. The summed E-state index contributed by atoms with van der Waals surface area (Å²) in [6.45, 7) is 10.8. The number of carbonyl (C=O) groups is 2. The van der Waals surface area contributed by atoms with Crippen molar-refractivity contribution in [2.24, 2.45) is 11.3 Å². The first-order valence-corrected chi connectivity index (χ1v) is 10.0. The van der Waals surface area contributed by atoms with Crippen molar-refractivity contribution in [1.29, 1.82) is 0 Å². The van der Waals surface area contributed by atoms with Gasteiger partial charge in [-0.25, -0.2) is 9.78 Å². The van der Waals surface area contributed by atoms with Crippen LogP contribution in [0.15, 0.2) is 18.3 Å². The number of pyridine rings is 1. The topological polar surface area (TPSA) is 80.8 Å². The average molecular weight is 445 g/mol. The highest BCUT2D eigenvalue weighted by atomic mass is 19.4. The molecule has 1 saturated heterocycles. The smallest absolute Gasteiger partial charge is 0.421 e. The molecule has 0 bridgehead atoms. The second-order valence-corrected chi connectivity index (χ2v) is 9.47. The molecule has 1 fully saturated rings. The zero-order valence-electron chi connectivity index (χ0n) is 18.7. The summed E-state index contributed by atoms with van der Waals surface area (Å²) in [5.74, 6) is -0.970. The summed E-state index contributed by atoms with van der Waals surface area (Å²) in [7, 11) is 0. The summed E-state index contributed by atoms with van der Waals surface area (Å²) in [5.41, 5.74) is -2.75. The Morgan fingerprint density at radius 3 is 2.42 bits per heavy atom. The molecule has 0 spiro atoms. The third-order valence-electron chi connectivity index (χ3n) is 4.84. The summed E-state index contributed by atoms with van der Waals surface area (Å²) in [6, 6.07) is 1.74. The first kappa shape index (κ1) is 24.7. The van der Waals surface area contributed by atoms with Crippen LogP contribution in [0.5, 0.6) is 5.88 Å². The Bertz CT molecular complexity index is 806. The van der Waals surface area contributed by atoms with E-state index in [9.17, 15) is 22.8 Å². The van der Waals surface area contributed by atoms with Crippen LogP contribution in [0.3, 0.4) is 0 Å². The summed E-state index contributed by atoms with van der Waals surface area (Å²) < 4.78 is 50.0. The lowest BCUT2D eigenvalue weighted by Crippen LogP contribution is -2.48. The lowest BCUT2D eigenvalue weighted by atomic mass is 9.92. The highest BCUT2D eigenvalue weighted by molar-refractivity contribution is 5.82. The summed E-state index contributed by atoms with van der Waals surface area (Å²) in [5, 5.41) is 2.89. The molecule has 1 N–H and O–H groups in total. The fourth-order valence-corrected chi connectivity index (χ4v) is 3.03. The quantitative estimate of drug-likeness (QED) is 0.744. The van der Waals surface area contributed by atoms with E-state index < -0.39 is 34.7 Å². The van der Waals surface area contributed by atoms with Crippen molar-refractivity contribution in [1.82, 2.24) is 15.2 Å². The van der Waals surface area contributed by atoms with Crippen LogP contribution in [0, 0.1) is 11.3 Å². The van der Waals surface area contributed by atoms with Gasteiger partial charge < -0.3 is 19.7 Å². The number of likely N-dealkylation sites (tertiary alicyclic amines) is 1. The first-order valence-electron chi connectivity index (χ1n) is 10.0. The van der Waals surface area contributed by atoms with Crippen LogP contribution in [0.25, 0.3) is 0 Å². The number of ether oxygens (including phenoxy) is 2. The fraction of sp³-hybridized carbons (Fsp3) is 0.667. The van der Waals surface area contributed by atoms with Gasteiger partial charge in [-0.1, -0.05) is 6.92 Å². The van der Waals surface area contributed by atoms with Crippen LogP contribution in [0.2, 0.25) is 0 Å². The molecule has 2 amide bonds. The van der Waals surface area contributed by atoms with Gasteiger partial charge in [0.25, 0.3) is 0 Å². The van der Waals surface area contributed by atoms with E-state index in [2.05, 4.69) is 10.3 Å². The molecule has 31 heavy (non-hydrogen) atoms. The van der Waals surface area contributed by atoms with Gasteiger partial charge in [0.05, 0.1) is 11.5 Å². The molecule has 2 heterocycles. The Kier molecular flexibility index (Phi) is 7.12. The van der Waals surface area contributed by atoms with Crippen LogP contribution in [-0.4, -0.2) is 53.2 Å². The zero-order valence-corrected chi connectivity index (χ0v) is 18.7. The molecule has 10 heteroatoms. The second kappa shape index (κ2) is 8.92. The van der Waals surface area contributed by atoms with E-state index in [1.165, 1.54) is 17.2 Å². The number of nitrogens with zero attached hydrogens (tertiary/aromatic N) is 2. The van der Waals surface area contributed by atoms with Crippen LogP contribution < -0.4 is 10.1 Å². The number of alkyl halides is 3. The lowest BCUT2D eigenvalue weighted by molar-refractivity contribution is -0.139. The van der Waals surface area contributed by atoms with Gasteiger partial charge in [0.2, 0.25) is 11.8 Å². The summed E-state index contributed by atoms with van der Waals surface area (Å²) >= 11 is 0. The van der Waals surface area contributed by atoms with Gasteiger partial charge in [0.15, 0.2) is 0 Å². The van der Waals surface area contributed by atoms with Gasteiger partial charge in [0, 0.05) is 19.3 Å². The van der Waals surface area contributed by atoms with E-state index in [0.717, 1.165) is 6.07 Å². The van der Waals surface area contributed by atoms with Crippen molar-refractivity contribution in [2.45, 2.75) is 59.4 Å². The Morgan fingerprint density at radius 2 is 1.84 bits per heavy atom. The summed E-state index contributed by atoms with van der Waals surface area (Å²) in [4.78, 5) is 30.3. The monoisotopic (exact) mass is 445 g/mol. The van der Waals surface area contributed by atoms with Crippen LogP contribution in [-0.2, 0) is 15.7 Å². The molecule has 2 atom stereocenters. The SMILES string of the molecule is C[C@@H]1CN(C(=O)OC(C)(C)C)C[C@H]1NC(=O)C(C)(C)COc1ncccc1C(F)(F)F. The molecule has 0 saturated carbocycles. The number of nitrogens with one attached hydrogen (secondary N) is 1. The minimum atomic E-state index is -4.61. The van der Waals surface area contributed by atoms with Crippen molar-refractivity contribution in [3.8, 4) is 5.88 Å². The third kappa shape index (κ3) is 6.73. The minimum Gasteiger partial charge on any atom is -0.476 e. The molecule has 1 aliphatic rings. The first-order chi connectivity index (χ1) is 14.1. The van der Waals surface area contributed by atoms with Crippen molar-refractivity contribution in [3.05, 3.63) is 23.9 Å². The second-order valence-electron chi connectivity index (χ2n) is 9.47. The molecule has 174 valence electrons. The van der Waals surface area contributed by atoms with Gasteiger partial charge in [-0.3, -0.25) is 4.79 Å². The number of halogens is 3. The number of aromatic nitrogens is 1. The van der Waals surface area contributed by atoms with Crippen LogP contribution in [0.4, 0.5) is 18.0 Å². The highest BCUT2D eigenvalue weighted by Crippen LogP contribution is 2.35. The molecule has 1 aromatic heterocycles. The number of rotatable bonds is 5. The Morgan fingerprint density at radius 1 is 1.19 bits per heavy atom. The van der Waals surface area contributed by atoms with E-state index >= 15 is 0 Å². The number of amides is 2. The summed E-state index contributed by atoms with van der Waals surface area (Å²) in [6.07, 6.45) is -3.86. The highest BCUT2D eigenvalue weighted by Gasteiger charge is 2.39. The van der Waals surface area contributed by atoms with Gasteiger partial charge in [-0.2, -0.15) is 13.2 Å². The molecule has 0 aliphatic carbocycles. The third-order valence-corrected chi connectivity index (χ3v) is 4.84. The maximum Gasteiger partial charge on any atom is 0.421 e. The van der Waals surface area contributed by atoms with E-state index in [1.54, 1.807) is 34.6 Å². The predicted molar refractivity (Wildman–Crippen MR) is 107 cm³/mol. The maximum absolute atomic E-state index is 13.1. The Balaban J connectivity index is 1.98. The van der Waals surface area contributed by atoms with Gasteiger partial charge in [0.1, 0.15) is 17.8 Å². The zero-order chi connectivity index (χ0) is 23.6. The normalized spacial score (nSPS) is 19.8. The average Bonchev–Trinajstić information content (AvgIpc) is 2.99. The van der Waals surface area contributed by atoms with E-state index in [-0.39, 0.29) is 31.0 Å². The van der Waals surface area contributed by atoms with Gasteiger partial charge in [-0.05, 0) is 52.7 Å². The molecular formula is C21H30F3N3O4. The molecule has 2 rings (SSSR count). The van der Waals surface area contributed by atoms with Crippen LogP contribution in [0.1, 0.15) is 47.1 Å². The van der Waals surface area contributed by atoms with Crippen LogP contribution >= 0.6 is 0 Å². The minimum absolute atomic E-state index is 0.0131. The fourth-order valence-electron chi connectivity index (χ4n) is 3.03. The number of hydrogen-bond donors (Lipinski definition) is 1. The number of hydrogen-bond acceptors (Lipinski definition) is 5. The van der Waals surface area contributed by atoms with E-state index in [4.69, 9.17) is 9.47 Å². The van der Waals surface area contributed by atoms with Gasteiger partial charge in [-0.15, -0.1) is 0 Å². The Hall–Kier alpha value is -2.52.